The van der Waals surface area contributed by atoms with Gasteiger partial charge in [-0.3, -0.25) is 14.8 Å². The van der Waals surface area contributed by atoms with E-state index in [2.05, 4.69) is 25.2 Å². The van der Waals surface area contributed by atoms with Gasteiger partial charge in [-0.1, -0.05) is 5.16 Å². The van der Waals surface area contributed by atoms with Gasteiger partial charge < -0.3 is 9.42 Å². The number of hydrogen-bond donors (Lipinski definition) is 1. The van der Waals surface area contributed by atoms with Crippen molar-refractivity contribution in [3.8, 4) is 0 Å². The van der Waals surface area contributed by atoms with E-state index < -0.39 is 0 Å². The first kappa shape index (κ1) is 13.7. The second kappa shape index (κ2) is 5.65. The van der Waals surface area contributed by atoms with Gasteiger partial charge in [0.25, 0.3) is 5.91 Å². The number of carbonyl (C=O) groups excluding carboxylic acids is 1. The number of amides is 1. The summed E-state index contributed by atoms with van der Waals surface area (Å²) in [7, 11) is 0. The van der Waals surface area contributed by atoms with Gasteiger partial charge in [-0.25, -0.2) is 4.98 Å². The van der Waals surface area contributed by atoms with Gasteiger partial charge in [-0.05, 0) is 13.8 Å². The normalized spacial score (nSPS) is 16.4. The van der Waals surface area contributed by atoms with Crippen molar-refractivity contribution in [1.82, 2.24) is 30.1 Å². The lowest BCUT2D eigenvalue weighted by atomic mass is 10.2. The molecular weight excluding hydrogens is 272 g/mol. The minimum absolute atomic E-state index is 0.116. The van der Waals surface area contributed by atoms with Crippen LogP contribution in [0.5, 0.6) is 0 Å². The maximum absolute atomic E-state index is 12.2. The molecule has 1 amide bonds. The van der Waals surface area contributed by atoms with Crippen LogP contribution in [0.3, 0.4) is 0 Å². The Bertz CT molecular complexity index is 626. The molecular formula is C13H18N6O2. The van der Waals surface area contributed by atoms with E-state index in [0.717, 1.165) is 31.1 Å². The fourth-order valence-electron chi connectivity index (χ4n) is 2.40. The molecule has 1 fully saturated rings. The number of H-pyrrole nitrogens is 1. The zero-order chi connectivity index (χ0) is 14.8. The Kier molecular flexibility index (Phi) is 3.70. The number of hydrogen-bond acceptors (Lipinski definition) is 6. The number of aromatic nitrogens is 4. The summed E-state index contributed by atoms with van der Waals surface area (Å²) in [5, 5.41) is 10.5. The van der Waals surface area contributed by atoms with Crippen LogP contribution in [-0.4, -0.2) is 62.2 Å². The van der Waals surface area contributed by atoms with Crippen LogP contribution in [0, 0.1) is 13.8 Å². The highest BCUT2D eigenvalue weighted by molar-refractivity contribution is 5.90. The van der Waals surface area contributed by atoms with Crippen molar-refractivity contribution in [2.45, 2.75) is 20.4 Å². The highest BCUT2D eigenvalue weighted by atomic mass is 16.5. The Morgan fingerprint density at radius 3 is 2.67 bits per heavy atom. The van der Waals surface area contributed by atoms with Crippen molar-refractivity contribution in [2.24, 2.45) is 0 Å². The number of aryl methyl sites for hydroxylation is 2. The first-order valence-corrected chi connectivity index (χ1v) is 6.94. The topological polar surface area (TPSA) is 91.2 Å². The fraction of sp³-hybridized carbons (Fsp3) is 0.538. The summed E-state index contributed by atoms with van der Waals surface area (Å²) in [4.78, 5) is 20.3. The molecule has 1 N–H and O–H groups in total. The zero-order valence-corrected chi connectivity index (χ0v) is 12.2. The van der Waals surface area contributed by atoms with Crippen LogP contribution in [0.4, 0.5) is 0 Å². The monoisotopic (exact) mass is 290 g/mol. The van der Waals surface area contributed by atoms with Gasteiger partial charge in [0.2, 0.25) is 5.82 Å². The molecule has 8 nitrogen and oxygen atoms in total. The molecule has 112 valence electrons. The summed E-state index contributed by atoms with van der Waals surface area (Å²) in [6, 6.07) is 1.94. The van der Waals surface area contributed by atoms with Crippen LogP contribution in [-0.2, 0) is 6.54 Å². The van der Waals surface area contributed by atoms with Gasteiger partial charge in [0.05, 0.1) is 12.2 Å². The molecule has 0 aliphatic carbocycles. The number of piperazine rings is 1. The second-order valence-corrected chi connectivity index (χ2v) is 5.25. The largest absolute Gasteiger partial charge is 0.360 e. The number of nitrogens with one attached hydrogen (secondary N) is 1. The predicted octanol–water partition coefficient (Wildman–Crippen LogP) is 0.368. The van der Waals surface area contributed by atoms with Gasteiger partial charge in [-0.15, -0.1) is 5.10 Å². The molecule has 0 radical (unpaired) electrons. The highest BCUT2D eigenvalue weighted by Gasteiger charge is 2.25. The minimum Gasteiger partial charge on any atom is -0.360 e. The van der Waals surface area contributed by atoms with Gasteiger partial charge in [-0.2, -0.15) is 0 Å². The Hall–Kier alpha value is -2.22. The molecule has 21 heavy (non-hydrogen) atoms. The van der Waals surface area contributed by atoms with Crippen molar-refractivity contribution in [1.29, 1.82) is 0 Å². The molecule has 2 aromatic rings. The number of aromatic amines is 1. The summed E-state index contributed by atoms with van der Waals surface area (Å²) in [6.45, 7) is 7.34. The van der Waals surface area contributed by atoms with E-state index in [1.807, 2.05) is 13.0 Å². The molecule has 8 heteroatoms. The first-order valence-electron chi connectivity index (χ1n) is 6.94. The molecule has 0 unspecified atom stereocenters. The zero-order valence-electron chi connectivity index (χ0n) is 12.2. The van der Waals surface area contributed by atoms with Crippen LogP contribution in [0.2, 0.25) is 0 Å². The quantitative estimate of drug-likeness (QED) is 0.878. The lowest BCUT2D eigenvalue weighted by molar-refractivity contribution is 0.0606. The Morgan fingerprint density at radius 2 is 2.10 bits per heavy atom. The Morgan fingerprint density at radius 1 is 1.33 bits per heavy atom. The summed E-state index contributed by atoms with van der Waals surface area (Å²) >= 11 is 0. The van der Waals surface area contributed by atoms with E-state index in [1.54, 1.807) is 11.8 Å². The van der Waals surface area contributed by atoms with E-state index in [1.165, 1.54) is 0 Å². The van der Waals surface area contributed by atoms with E-state index in [4.69, 9.17) is 4.52 Å². The lowest BCUT2D eigenvalue weighted by Gasteiger charge is -2.33. The van der Waals surface area contributed by atoms with Gasteiger partial charge in [0.15, 0.2) is 5.76 Å². The average molecular weight is 290 g/mol. The van der Waals surface area contributed by atoms with Crippen LogP contribution < -0.4 is 0 Å². The molecule has 0 atom stereocenters. The molecule has 3 heterocycles. The Labute approximate surface area is 122 Å². The van der Waals surface area contributed by atoms with E-state index in [0.29, 0.717) is 18.9 Å². The third-order valence-corrected chi connectivity index (χ3v) is 3.50. The number of carbonyl (C=O) groups is 1. The van der Waals surface area contributed by atoms with Crippen molar-refractivity contribution in [2.75, 3.05) is 26.2 Å². The third kappa shape index (κ3) is 3.10. The molecule has 0 saturated carbocycles. The fourth-order valence-corrected chi connectivity index (χ4v) is 2.40. The van der Waals surface area contributed by atoms with Gasteiger partial charge in [0.1, 0.15) is 5.82 Å². The lowest BCUT2D eigenvalue weighted by Crippen LogP contribution is -2.48. The van der Waals surface area contributed by atoms with E-state index in [-0.39, 0.29) is 11.7 Å². The van der Waals surface area contributed by atoms with Gasteiger partial charge >= 0.3 is 0 Å². The molecule has 1 aliphatic rings. The van der Waals surface area contributed by atoms with Crippen LogP contribution in [0.15, 0.2) is 10.6 Å². The minimum atomic E-state index is -0.116. The molecule has 3 rings (SSSR count). The molecule has 0 bridgehead atoms. The standard InChI is InChI=1S/C13H18N6O2/c1-9-7-11(21-17-9)8-18-3-5-19(6-4-18)13(20)12-14-10(2)15-16-12/h7H,3-6,8H2,1-2H3,(H,14,15,16). The third-order valence-electron chi connectivity index (χ3n) is 3.50. The molecule has 0 spiro atoms. The summed E-state index contributed by atoms with van der Waals surface area (Å²) in [6.07, 6.45) is 0. The summed E-state index contributed by atoms with van der Waals surface area (Å²) in [5.74, 6) is 1.64. The smallest absolute Gasteiger partial charge is 0.293 e. The van der Waals surface area contributed by atoms with Crippen molar-refractivity contribution < 1.29 is 9.32 Å². The highest BCUT2D eigenvalue weighted by Crippen LogP contribution is 2.11. The average Bonchev–Trinajstić information content (AvgIpc) is 3.08. The summed E-state index contributed by atoms with van der Waals surface area (Å²) < 4.78 is 5.22. The van der Waals surface area contributed by atoms with Crippen molar-refractivity contribution >= 4 is 5.91 Å². The maximum Gasteiger partial charge on any atom is 0.293 e. The maximum atomic E-state index is 12.2. The predicted molar refractivity (Wildman–Crippen MR) is 73.5 cm³/mol. The first-order chi connectivity index (χ1) is 10.1. The van der Waals surface area contributed by atoms with Crippen LogP contribution in [0.1, 0.15) is 27.9 Å². The van der Waals surface area contributed by atoms with Crippen LogP contribution in [0.25, 0.3) is 0 Å². The van der Waals surface area contributed by atoms with Crippen molar-refractivity contribution in [3.63, 3.8) is 0 Å². The number of nitrogens with zero attached hydrogens (tertiary/aromatic N) is 5. The van der Waals surface area contributed by atoms with Crippen molar-refractivity contribution in [3.05, 3.63) is 29.2 Å². The van der Waals surface area contributed by atoms with Crippen LogP contribution >= 0.6 is 0 Å². The van der Waals surface area contributed by atoms with E-state index in [9.17, 15) is 4.79 Å². The Balaban J connectivity index is 1.54. The SMILES string of the molecule is Cc1cc(CN2CCN(C(=O)c3n[nH]c(C)n3)CC2)on1. The molecule has 0 aromatic carbocycles. The van der Waals surface area contributed by atoms with Gasteiger partial charge in [0, 0.05) is 32.2 Å². The summed E-state index contributed by atoms with van der Waals surface area (Å²) in [5.41, 5.74) is 0.888. The second-order valence-electron chi connectivity index (χ2n) is 5.25. The molecule has 2 aromatic heterocycles. The molecule has 1 aliphatic heterocycles. The molecule has 1 saturated heterocycles. The van der Waals surface area contributed by atoms with E-state index >= 15 is 0 Å². The number of rotatable bonds is 3.